The van der Waals surface area contributed by atoms with Gasteiger partial charge in [-0.15, -0.1) is 0 Å². The summed E-state index contributed by atoms with van der Waals surface area (Å²) in [4.78, 5) is 37.1. The summed E-state index contributed by atoms with van der Waals surface area (Å²) in [5.41, 5.74) is 3.75. The van der Waals surface area contributed by atoms with Gasteiger partial charge < -0.3 is 19.3 Å². The minimum absolute atomic E-state index is 0.0224. The average Bonchev–Trinajstić information content (AvgIpc) is 3.26. The Kier molecular flexibility index (Phi) is 7.78. The van der Waals surface area contributed by atoms with Crippen LogP contribution < -0.4 is 10.9 Å². The van der Waals surface area contributed by atoms with Gasteiger partial charge in [0, 0.05) is 45.9 Å². The Morgan fingerprint density at radius 1 is 1.08 bits per heavy atom. The van der Waals surface area contributed by atoms with E-state index in [0.29, 0.717) is 22.5 Å². The molecule has 2 heterocycles. The predicted octanol–water partition coefficient (Wildman–Crippen LogP) is 5.58. The van der Waals surface area contributed by atoms with E-state index in [1.54, 1.807) is 12.3 Å². The topological polar surface area (TPSA) is 110 Å². The highest BCUT2D eigenvalue weighted by atomic mass is 32.2. The number of amides is 1. The lowest BCUT2D eigenvalue weighted by molar-refractivity contribution is -0.141. The molecule has 0 bridgehead atoms. The number of hydrogen-bond donors (Lipinski definition) is 2. The Morgan fingerprint density at radius 3 is 2.49 bits per heavy atom. The lowest BCUT2D eigenvalue weighted by Crippen LogP contribution is -2.42. The number of benzene rings is 2. The number of aliphatic carboxylic acids is 1. The first-order valence-electron chi connectivity index (χ1n) is 12.2. The first-order valence-corrected chi connectivity index (χ1v) is 13.3. The first kappa shape index (κ1) is 26.5. The Bertz CT molecular complexity index is 1500. The molecule has 2 N–H and O–H groups in total. The normalized spacial score (nSPS) is 12.6. The largest absolute Gasteiger partial charge is 0.480 e. The van der Waals surface area contributed by atoms with Crippen LogP contribution in [0.25, 0.3) is 21.9 Å². The maximum absolute atomic E-state index is 12.7. The van der Waals surface area contributed by atoms with Crippen LogP contribution in [-0.4, -0.2) is 28.8 Å². The van der Waals surface area contributed by atoms with Crippen LogP contribution >= 0.6 is 11.8 Å². The Balaban J connectivity index is 1.47. The van der Waals surface area contributed by atoms with E-state index < -0.39 is 23.5 Å². The molecule has 8 heteroatoms. The number of thioether (sulfide) groups is 1. The fourth-order valence-electron chi connectivity index (χ4n) is 4.33. The third kappa shape index (κ3) is 6.07. The van der Waals surface area contributed by atoms with Gasteiger partial charge in [-0.25, -0.2) is 9.59 Å². The zero-order chi connectivity index (χ0) is 26.7. The fraction of sp³-hybridized carbons (Fsp3) is 0.345. The van der Waals surface area contributed by atoms with Crippen molar-refractivity contribution in [2.45, 2.75) is 57.7 Å². The van der Waals surface area contributed by atoms with Crippen molar-refractivity contribution in [3.8, 4) is 0 Å². The lowest BCUT2D eigenvalue weighted by Gasteiger charge is -2.17. The molecule has 1 amide bonds. The van der Waals surface area contributed by atoms with Crippen molar-refractivity contribution in [1.29, 1.82) is 0 Å². The molecule has 0 spiro atoms. The van der Waals surface area contributed by atoms with E-state index in [-0.39, 0.29) is 24.0 Å². The second-order valence-corrected chi connectivity index (χ2v) is 11.2. The van der Waals surface area contributed by atoms with Crippen molar-refractivity contribution >= 4 is 45.6 Å². The van der Waals surface area contributed by atoms with E-state index in [1.165, 1.54) is 11.8 Å². The molecule has 2 aromatic heterocycles. The highest BCUT2D eigenvalue weighted by Gasteiger charge is 2.23. The number of carbonyl (C=O) groups is 2. The molecule has 4 aromatic rings. The smallest absolute Gasteiger partial charge is 0.339 e. The summed E-state index contributed by atoms with van der Waals surface area (Å²) < 4.78 is 11.3. The van der Waals surface area contributed by atoms with Gasteiger partial charge in [0.2, 0.25) is 5.91 Å². The highest BCUT2D eigenvalue weighted by molar-refractivity contribution is 7.98. The quantitative estimate of drug-likeness (QED) is 0.277. The van der Waals surface area contributed by atoms with E-state index >= 15 is 0 Å². The molecular weight excluding hydrogens is 490 g/mol. The minimum Gasteiger partial charge on any atom is -0.480 e. The third-order valence-corrected chi connectivity index (χ3v) is 7.53. The second kappa shape index (κ2) is 10.8. The second-order valence-electron chi connectivity index (χ2n) is 10.2. The van der Waals surface area contributed by atoms with Crippen LogP contribution in [0.15, 0.2) is 62.4 Å². The van der Waals surface area contributed by atoms with Gasteiger partial charge in [-0.2, -0.15) is 11.8 Å². The molecule has 2 aromatic carbocycles. The average molecular weight is 522 g/mol. The maximum Gasteiger partial charge on any atom is 0.339 e. The van der Waals surface area contributed by atoms with Crippen molar-refractivity contribution in [2.75, 3.05) is 5.75 Å². The molecule has 37 heavy (non-hydrogen) atoms. The van der Waals surface area contributed by atoms with E-state index in [2.05, 4.69) is 26.1 Å². The SMILES string of the molecule is Cc1c(CCC(=O)NC(CSCc2ccccc2)C(=O)O)c(=O)oc2cc3occ(C(C)(C)C)c3cc12. The number of nitrogens with one attached hydrogen (secondary N) is 1. The Labute approximate surface area is 219 Å². The van der Waals surface area contributed by atoms with Gasteiger partial charge in [0.05, 0.1) is 6.26 Å². The van der Waals surface area contributed by atoms with E-state index in [0.717, 1.165) is 27.5 Å². The number of aryl methyl sites for hydroxylation is 1. The monoisotopic (exact) mass is 521 g/mol. The molecule has 194 valence electrons. The van der Waals surface area contributed by atoms with Crippen LogP contribution in [0.3, 0.4) is 0 Å². The highest BCUT2D eigenvalue weighted by Crippen LogP contribution is 2.35. The maximum atomic E-state index is 12.7. The van der Waals surface area contributed by atoms with Gasteiger partial charge in [-0.05, 0) is 36.0 Å². The molecule has 0 saturated carbocycles. The van der Waals surface area contributed by atoms with Gasteiger partial charge in [0.1, 0.15) is 17.2 Å². The molecule has 7 nitrogen and oxygen atoms in total. The van der Waals surface area contributed by atoms with Gasteiger partial charge >= 0.3 is 11.6 Å². The summed E-state index contributed by atoms with van der Waals surface area (Å²) in [5.74, 6) is -0.621. The summed E-state index contributed by atoms with van der Waals surface area (Å²) in [5, 5.41) is 13.9. The zero-order valence-corrected chi connectivity index (χ0v) is 22.2. The minimum atomic E-state index is -1.09. The number of carbonyl (C=O) groups excluding carboxylic acids is 1. The molecule has 0 aliphatic carbocycles. The summed E-state index contributed by atoms with van der Waals surface area (Å²) in [6.45, 7) is 8.16. The Hall–Kier alpha value is -3.52. The predicted molar refractivity (Wildman–Crippen MR) is 146 cm³/mol. The lowest BCUT2D eigenvalue weighted by atomic mass is 9.86. The van der Waals surface area contributed by atoms with Crippen LogP contribution in [-0.2, 0) is 27.2 Å². The molecule has 1 unspecified atom stereocenters. The molecule has 4 rings (SSSR count). The van der Waals surface area contributed by atoms with Crippen LogP contribution in [0.4, 0.5) is 0 Å². The number of rotatable bonds is 9. The fourth-order valence-corrected chi connectivity index (χ4v) is 5.34. The van der Waals surface area contributed by atoms with Gasteiger partial charge in [0.25, 0.3) is 0 Å². The molecular formula is C29H31NO6S. The first-order chi connectivity index (χ1) is 17.5. The molecule has 0 radical (unpaired) electrons. The van der Waals surface area contributed by atoms with Crippen molar-refractivity contribution < 1.29 is 23.5 Å². The summed E-state index contributed by atoms with van der Waals surface area (Å²) in [6.07, 6.45) is 1.86. The van der Waals surface area contributed by atoms with Gasteiger partial charge in [0.15, 0.2) is 0 Å². The van der Waals surface area contributed by atoms with Crippen molar-refractivity contribution in [3.05, 3.63) is 81.4 Å². The zero-order valence-electron chi connectivity index (χ0n) is 21.4. The molecule has 0 fully saturated rings. The van der Waals surface area contributed by atoms with Crippen LogP contribution in [0.2, 0.25) is 0 Å². The standard InChI is InChI=1S/C29H31NO6S/c1-17-19(10-11-26(31)30-23(27(32)33)16-37-15-18-8-6-5-7-9-18)28(34)36-25-13-24-21(12-20(17)25)22(14-35-24)29(2,3)4/h5-9,12-14,23H,10-11,15-16H2,1-4H3,(H,30,31)(H,32,33). The van der Waals surface area contributed by atoms with Crippen molar-refractivity contribution in [2.24, 2.45) is 0 Å². The van der Waals surface area contributed by atoms with Crippen LogP contribution in [0.1, 0.15) is 49.4 Å². The van der Waals surface area contributed by atoms with Gasteiger partial charge in [-0.3, -0.25) is 4.79 Å². The van der Waals surface area contributed by atoms with Crippen LogP contribution in [0, 0.1) is 6.92 Å². The molecule has 0 aliphatic rings. The molecule has 0 saturated heterocycles. The van der Waals surface area contributed by atoms with E-state index in [4.69, 9.17) is 8.83 Å². The Morgan fingerprint density at radius 2 is 1.81 bits per heavy atom. The molecule has 1 atom stereocenters. The number of furan rings is 1. The third-order valence-electron chi connectivity index (χ3n) is 6.42. The van der Waals surface area contributed by atoms with E-state index in [1.807, 2.05) is 43.3 Å². The van der Waals surface area contributed by atoms with Crippen molar-refractivity contribution in [3.63, 3.8) is 0 Å². The number of hydrogen-bond acceptors (Lipinski definition) is 6. The van der Waals surface area contributed by atoms with Gasteiger partial charge in [-0.1, -0.05) is 51.1 Å². The summed E-state index contributed by atoms with van der Waals surface area (Å²) >= 11 is 1.44. The summed E-state index contributed by atoms with van der Waals surface area (Å²) in [7, 11) is 0. The van der Waals surface area contributed by atoms with Crippen LogP contribution in [0.5, 0.6) is 0 Å². The number of carboxylic acids is 1. The number of carboxylic acid groups (broad SMARTS) is 1. The molecule has 0 aliphatic heterocycles. The van der Waals surface area contributed by atoms with E-state index in [9.17, 15) is 19.5 Å². The van der Waals surface area contributed by atoms with Crippen molar-refractivity contribution in [1.82, 2.24) is 5.32 Å². The number of fused-ring (bicyclic) bond motifs is 2. The summed E-state index contributed by atoms with van der Waals surface area (Å²) in [6, 6.07) is 12.4.